The predicted octanol–water partition coefficient (Wildman–Crippen LogP) is 2.63. The summed E-state index contributed by atoms with van der Waals surface area (Å²) in [6.07, 6.45) is 5.03. The molecule has 22 heavy (non-hydrogen) atoms. The molecule has 1 aromatic heterocycles. The van der Waals surface area contributed by atoms with Crippen molar-refractivity contribution in [2.75, 3.05) is 34.8 Å². The van der Waals surface area contributed by atoms with E-state index in [4.69, 9.17) is 10.7 Å². The highest BCUT2D eigenvalue weighted by Gasteiger charge is 2.51. The van der Waals surface area contributed by atoms with Crippen molar-refractivity contribution in [2.45, 2.75) is 44.7 Å². The maximum absolute atomic E-state index is 5.94. The average Bonchev–Trinajstić information content (AvgIpc) is 2.46. The molecule has 3 aliphatic rings. The van der Waals surface area contributed by atoms with E-state index in [0.717, 1.165) is 24.6 Å². The normalized spacial score (nSPS) is 34.2. The third-order valence-corrected chi connectivity index (χ3v) is 6.46. The van der Waals surface area contributed by atoms with Crippen LogP contribution in [0.5, 0.6) is 0 Å². The Balaban J connectivity index is 1.36. The molecule has 1 spiro atoms. The maximum Gasteiger partial charge on any atom is 0.129 e. The topological polar surface area (TPSA) is 54.2 Å². The van der Waals surface area contributed by atoms with E-state index in [1.54, 1.807) is 0 Å². The van der Waals surface area contributed by atoms with Gasteiger partial charge in [-0.3, -0.25) is 0 Å². The lowest BCUT2D eigenvalue weighted by molar-refractivity contribution is 0.00118. The molecular weight excluding hydrogens is 292 g/mol. The van der Waals surface area contributed by atoms with Gasteiger partial charge in [-0.05, 0) is 50.2 Å². The first kappa shape index (κ1) is 14.6. The molecule has 2 heterocycles. The third kappa shape index (κ3) is 2.69. The molecule has 1 aromatic rings. The minimum atomic E-state index is 0.464. The zero-order valence-corrected chi connectivity index (χ0v) is 14.2. The summed E-state index contributed by atoms with van der Waals surface area (Å²) in [4.78, 5) is 7.23. The van der Waals surface area contributed by atoms with Gasteiger partial charge < -0.3 is 16.0 Å². The van der Waals surface area contributed by atoms with Crippen molar-refractivity contribution >= 4 is 23.3 Å². The first-order chi connectivity index (χ1) is 10.6. The zero-order chi connectivity index (χ0) is 15.2. The fraction of sp³-hybridized carbons (Fsp3) is 0.706. The van der Waals surface area contributed by atoms with Crippen LogP contribution >= 0.6 is 11.8 Å². The molecule has 0 bridgehead atoms. The SMILES string of the molecule is Cc1nc(N2CCSCC2)ccc1NC1CC2(CC(N)C2)C1. The van der Waals surface area contributed by atoms with Gasteiger partial charge in [-0.1, -0.05) is 0 Å². The van der Waals surface area contributed by atoms with Gasteiger partial charge in [0.05, 0.1) is 11.4 Å². The summed E-state index contributed by atoms with van der Waals surface area (Å²) in [7, 11) is 0. The van der Waals surface area contributed by atoms with E-state index < -0.39 is 0 Å². The van der Waals surface area contributed by atoms with Gasteiger partial charge in [-0.25, -0.2) is 4.98 Å². The highest BCUT2D eigenvalue weighted by molar-refractivity contribution is 7.99. The molecule has 0 unspecified atom stereocenters. The second-order valence-corrected chi connectivity index (χ2v) is 8.54. The van der Waals surface area contributed by atoms with Crippen molar-refractivity contribution in [1.82, 2.24) is 4.98 Å². The van der Waals surface area contributed by atoms with Crippen LogP contribution in [0.4, 0.5) is 11.5 Å². The van der Waals surface area contributed by atoms with Crippen LogP contribution in [0, 0.1) is 12.3 Å². The molecule has 3 fully saturated rings. The van der Waals surface area contributed by atoms with Crippen LogP contribution in [0.15, 0.2) is 12.1 Å². The van der Waals surface area contributed by atoms with Gasteiger partial charge >= 0.3 is 0 Å². The number of rotatable bonds is 3. The first-order valence-corrected chi connectivity index (χ1v) is 9.62. The maximum atomic E-state index is 5.94. The highest BCUT2D eigenvalue weighted by atomic mass is 32.2. The van der Waals surface area contributed by atoms with Crippen LogP contribution in [0.3, 0.4) is 0 Å². The standard InChI is InChI=1S/C17H26N4S/c1-12-15(20-14-10-17(11-14)8-13(18)9-17)2-3-16(19-12)21-4-6-22-7-5-21/h2-3,13-14,20H,4-11,18H2,1H3. The Bertz CT molecular complexity index is 542. The quantitative estimate of drug-likeness (QED) is 0.897. The predicted molar refractivity (Wildman–Crippen MR) is 94.8 cm³/mol. The monoisotopic (exact) mass is 318 g/mol. The summed E-state index contributed by atoms with van der Waals surface area (Å²) < 4.78 is 0. The van der Waals surface area contributed by atoms with E-state index in [1.807, 2.05) is 11.8 Å². The summed E-state index contributed by atoms with van der Waals surface area (Å²) in [6.45, 7) is 4.36. The second kappa shape index (κ2) is 5.60. The van der Waals surface area contributed by atoms with Gasteiger partial charge in [0.15, 0.2) is 0 Å². The number of thioether (sulfide) groups is 1. The molecule has 1 saturated heterocycles. The molecule has 0 atom stereocenters. The minimum absolute atomic E-state index is 0.464. The number of anilines is 2. The minimum Gasteiger partial charge on any atom is -0.381 e. The number of nitrogens with two attached hydrogens (primary N) is 1. The molecule has 5 heteroatoms. The summed E-state index contributed by atoms with van der Waals surface area (Å²) in [5.41, 5.74) is 8.86. The van der Waals surface area contributed by atoms with Crippen molar-refractivity contribution < 1.29 is 0 Å². The highest BCUT2D eigenvalue weighted by Crippen LogP contribution is 2.55. The second-order valence-electron chi connectivity index (χ2n) is 7.32. The summed E-state index contributed by atoms with van der Waals surface area (Å²) in [5.74, 6) is 3.57. The van der Waals surface area contributed by atoms with E-state index in [9.17, 15) is 0 Å². The molecule has 2 saturated carbocycles. The number of nitrogens with one attached hydrogen (secondary N) is 1. The van der Waals surface area contributed by atoms with E-state index in [2.05, 4.69) is 29.3 Å². The van der Waals surface area contributed by atoms with Crippen LogP contribution in [0.1, 0.15) is 31.4 Å². The van der Waals surface area contributed by atoms with Crippen molar-refractivity contribution in [3.05, 3.63) is 17.8 Å². The summed E-state index contributed by atoms with van der Waals surface area (Å²) in [5, 5.41) is 3.69. The summed E-state index contributed by atoms with van der Waals surface area (Å²) >= 11 is 2.04. The van der Waals surface area contributed by atoms with Crippen LogP contribution < -0.4 is 16.0 Å². The Morgan fingerprint density at radius 1 is 1.23 bits per heavy atom. The molecular formula is C17H26N4S. The zero-order valence-electron chi connectivity index (χ0n) is 13.3. The fourth-order valence-electron chi connectivity index (χ4n) is 4.36. The van der Waals surface area contributed by atoms with Gasteiger partial charge in [-0.2, -0.15) is 11.8 Å². The number of pyridine rings is 1. The number of nitrogens with zero attached hydrogens (tertiary/aromatic N) is 2. The van der Waals surface area contributed by atoms with Gasteiger partial charge in [-0.15, -0.1) is 0 Å². The summed E-state index contributed by atoms with van der Waals surface area (Å²) in [6, 6.07) is 5.48. The fourth-order valence-corrected chi connectivity index (χ4v) is 5.27. The largest absolute Gasteiger partial charge is 0.381 e. The lowest BCUT2D eigenvalue weighted by Crippen LogP contribution is -2.57. The third-order valence-electron chi connectivity index (χ3n) is 5.52. The van der Waals surface area contributed by atoms with Gasteiger partial charge in [0.2, 0.25) is 0 Å². The lowest BCUT2D eigenvalue weighted by Gasteiger charge is -2.57. The Labute approximate surface area is 137 Å². The lowest BCUT2D eigenvalue weighted by atomic mass is 9.52. The molecule has 0 amide bonds. The van der Waals surface area contributed by atoms with Crippen molar-refractivity contribution in [3.8, 4) is 0 Å². The van der Waals surface area contributed by atoms with Crippen molar-refractivity contribution in [3.63, 3.8) is 0 Å². The Morgan fingerprint density at radius 3 is 2.59 bits per heavy atom. The van der Waals surface area contributed by atoms with E-state index >= 15 is 0 Å². The van der Waals surface area contributed by atoms with Gasteiger partial charge in [0.1, 0.15) is 5.82 Å². The molecule has 4 rings (SSSR count). The molecule has 3 N–H and O–H groups in total. The molecule has 2 aliphatic carbocycles. The smallest absolute Gasteiger partial charge is 0.129 e. The van der Waals surface area contributed by atoms with Crippen LogP contribution in [0.2, 0.25) is 0 Å². The van der Waals surface area contributed by atoms with Crippen LogP contribution in [-0.4, -0.2) is 41.7 Å². The molecule has 120 valence electrons. The van der Waals surface area contributed by atoms with Gasteiger partial charge in [0.25, 0.3) is 0 Å². The Kier molecular flexibility index (Phi) is 3.73. The Morgan fingerprint density at radius 2 is 1.95 bits per heavy atom. The van der Waals surface area contributed by atoms with Crippen LogP contribution in [-0.2, 0) is 0 Å². The average molecular weight is 318 g/mol. The number of aryl methyl sites for hydroxylation is 1. The van der Waals surface area contributed by atoms with Crippen molar-refractivity contribution in [1.29, 1.82) is 0 Å². The van der Waals surface area contributed by atoms with Crippen LogP contribution in [0.25, 0.3) is 0 Å². The van der Waals surface area contributed by atoms with E-state index in [1.165, 1.54) is 42.9 Å². The number of hydrogen-bond donors (Lipinski definition) is 2. The Hall–Kier alpha value is -0.940. The van der Waals surface area contributed by atoms with E-state index in [-0.39, 0.29) is 0 Å². The first-order valence-electron chi connectivity index (χ1n) is 8.46. The number of aromatic nitrogens is 1. The van der Waals surface area contributed by atoms with E-state index in [0.29, 0.717) is 17.5 Å². The molecule has 1 aliphatic heterocycles. The molecule has 0 aromatic carbocycles. The molecule has 4 nitrogen and oxygen atoms in total. The number of hydrogen-bond acceptors (Lipinski definition) is 5. The molecule has 0 radical (unpaired) electrons. The van der Waals surface area contributed by atoms with Gasteiger partial charge in [0, 0.05) is 36.7 Å². The van der Waals surface area contributed by atoms with Crippen molar-refractivity contribution in [2.24, 2.45) is 11.1 Å².